The van der Waals surface area contributed by atoms with Crippen molar-refractivity contribution in [3.05, 3.63) is 46.2 Å². The van der Waals surface area contributed by atoms with Gasteiger partial charge in [0.1, 0.15) is 0 Å². The van der Waals surface area contributed by atoms with Crippen molar-refractivity contribution in [2.24, 2.45) is 11.7 Å². The average molecular weight is 414 g/mol. The van der Waals surface area contributed by atoms with E-state index in [9.17, 15) is 4.79 Å². The predicted octanol–water partition coefficient (Wildman–Crippen LogP) is 3.17. The summed E-state index contributed by atoms with van der Waals surface area (Å²) < 4.78 is 2.79. The number of nitrogens with zero attached hydrogens (tertiary/aromatic N) is 3. The smallest absolute Gasteiger partial charge is 0.257 e. The molecule has 24 heavy (non-hydrogen) atoms. The number of likely N-dealkylation sites (tertiary alicyclic amines) is 1. The summed E-state index contributed by atoms with van der Waals surface area (Å²) in [7, 11) is 0. The largest absolute Gasteiger partial charge is 0.335 e. The molecular formula is C17H22BrClN4O. The highest BCUT2D eigenvalue weighted by Crippen LogP contribution is 2.26. The summed E-state index contributed by atoms with van der Waals surface area (Å²) in [6.07, 6.45) is 2.64. The molecule has 0 bridgehead atoms. The normalized spacial score (nSPS) is 20.1. The first-order chi connectivity index (χ1) is 11.0. The van der Waals surface area contributed by atoms with Gasteiger partial charge in [0.2, 0.25) is 0 Å². The Bertz CT molecular complexity index is 733. The second-order valence-corrected chi connectivity index (χ2v) is 7.09. The average Bonchev–Trinajstić information content (AvgIpc) is 3.09. The highest BCUT2D eigenvalue weighted by Gasteiger charge is 2.33. The maximum absolute atomic E-state index is 12.9. The first kappa shape index (κ1) is 19.0. The second kappa shape index (κ2) is 7.68. The van der Waals surface area contributed by atoms with Crippen molar-refractivity contribution in [2.75, 3.05) is 13.1 Å². The standard InChI is InChI=1S/C17H21BrN4O.ClH/c1-11-6-13(8-19)10-21(11)17(23)16-9-20-22(12(16)2)15-5-3-4-14(18)7-15;/h3-5,7,9,11,13H,6,8,10,19H2,1-2H3;1H. The summed E-state index contributed by atoms with van der Waals surface area (Å²) in [5.74, 6) is 0.446. The molecule has 2 heterocycles. The van der Waals surface area contributed by atoms with Gasteiger partial charge in [-0.25, -0.2) is 4.68 Å². The number of rotatable bonds is 3. The van der Waals surface area contributed by atoms with Gasteiger partial charge in [-0.05, 0) is 50.9 Å². The van der Waals surface area contributed by atoms with Crippen LogP contribution in [0, 0.1) is 12.8 Å². The van der Waals surface area contributed by atoms with Crippen LogP contribution in [0.3, 0.4) is 0 Å². The SMILES string of the molecule is Cc1c(C(=O)N2CC(CN)CC2C)cnn1-c1cccc(Br)c1.Cl. The van der Waals surface area contributed by atoms with E-state index >= 15 is 0 Å². The van der Waals surface area contributed by atoms with Crippen molar-refractivity contribution < 1.29 is 4.79 Å². The first-order valence-electron chi connectivity index (χ1n) is 7.83. The molecule has 0 spiro atoms. The Morgan fingerprint density at radius 2 is 2.21 bits per heavy atom. The molecule has 2 atom stereocenters. The number of aromatic nitrogens is 2. The molecule has 1 aliphatic heterocycles. The highest BCUT2D eigenvalue weighted by atomic mass is 79.9. The molecule has 2 unspecified atom stereocenters. The summed E-state index contributed by atoms with van der Waals surface area (Å²) in [4.78, 5) is 14.8. The lowest BCUT2D eigenvalue weighted by Crippen LogP contribution is -2.34. The summed E-state index contributed by atoms with van der Waals surface area (Å²) in [5, 5.41) is 4.41. The van der Waals surface area contributed by atoms with Crippen LogP contribution in [0.5, 0.6) is 0 Å². The van der Waals surface area contributed by atoms with Crippen molar-refractivity contribution >= 4 is 34.2 Å². The van der Waals surface area contributed by atoms with Crippen LogP contribution in [0.15, 0.2) is 34.9 Å². The van der Waals surface area contributed by atoms with Crippen molar-refractivity contribution in [2.45, 2.75) is 26.3 Å². The van der Waals surface area contributed by atoms with Crippen LogP contribution in [0.1, 0.15) is 29.4 Å². The lowest BCUT2D eigenvalue weighted by Gasteiger charge is -2.21. The third kappa shape index (κ3) is 3.50. The van der Waals surface area contributed by atoms with Crippen molar-refractivity contribution in [3.8, 4) is 5.69 Å². The lowest BCUT2D eigenvalue weighted by molar-refractivity contribution is 0.0742. The van der Waals surface area contributed by atoms with E-state index in [-0.39, 0.29) is 24.4 Å². The Balaban J connectivity index is 0.00000208. The zero-order valence-corrected chi connectivity index (χ0v) is 16.2. The van der Waals surface area contributed by atoms with Crippen LogP contribution in [0.25, 0.3) is 5.69 Å². The van der Waals surface area contributed by atoms with E-state index in [0.29, 0.717) is 18.0 Å². The lowest BCUT2D eigenvalue weighted by atomic mass is 10.1. The van der Waals surface area contributed by atoms with E-state index in [1.165, 1.54) is 0 Å². The molecular weight excluding hydrogens is 392 g/mol. The van der Waals surface area contributed by atoms with Gasteiger partial charge < -0.3 is 10.6 Å². The van der Waals surface area contributed by atoms with Crippen molar-refractivity contribution in [1.29, 1.82) is 0 Å². The Labute approximate surface area is 156 Å². The fourth-order valence-corrected chi connectivity index (χ4v) is 3.63. The third-order valence-corrected chi connectivity index (χ3v) is 5.04. The Morgan fingerprint density at radius 1 is 1.46 bits per heavy atom. The molecule has 1 aromatic heterocycles. The highest BCUT2D eigenvalue weighted by molar-refractivity contribution is 9.10. The Hall–Kier alpha value is -1.37. The number of benzene rings is 1. The number of carbonyl (C=O) groups is 1. The minimum absolute atomic E-state index is 0. The number of carbonyl (C=O) groups excluding carboxylic acids is 1. The Kier molecular flexibility index (Phi) is 6.06. The molecule has 7 heteroatoms. The molecule has 1 aliphatic rings. The van der Waals surface area contributed by atoms with E-state index in [1.807, 2.05) is 36.1 Å². The predicted molar refractivity (Wildman–Crippen MR) is 101 cm³/mol. The van der Waals surface area contributed by atoms with Gasteiger partial charge in [-0.2, -0.15) is 5.10 Å². The minimum atomic E-state index is 0. The summed E-state index contributed by atoms with van der Waals surface area (Å²) in [5.41, 5.74) is 8.22. The van der Waals surface area contributed by atoms with Crippen LogP contribution in [0.4, 0.5) is 0 Å². The van der Waals surface area contributed by atoms with E-state index < -0.39 is 0 Å². The zero-order valence-electron chi connectivity index (χ0n) is 13.8. The van der Waals surface area contributed by atoms with Crippen molar-refractivity contribution in [1.82, 2.24) is 14.7 Å². The zero-order chi connectivity index (χ0) is 16.6. The molecule has 2 N–H and O–H groups in total. The quantitative estimate of drug-likeness (QED) is 0.840. The molecule has 5 nitrogen and oxygen atoms in total. The first-order valence-corrected chi connectivity index (χ1v) is 8.62. The summed E-state index contributed by atoms with van der Waals surface area (Å²) in [6, 6.07) is 8.10. The number of halogens is 2. The third-order valence-electron chi connectivity index (χ3n) is 4.55. The van der Waals surface area contributed by atoms with Crippen LogP contribution in [-0.2, 0) is 0 Å². The number of nitrogens with two attached hydrogens (primary N) is 1. The van der Waals surface area contributed by atoms with Gasteiger partial charge in [0, 0.05) is 17.1 Å². The molecule has 2 aromatic rings. The van der Waals surface area contributed by atoms with Gasteiger partial charge >= 0.3 is 0 Å². The van der Waals surface area contributed by atoms with Gasteiger partial charge in [0.05, 0.1) is 23.1 Å². The molecule has 1 fully saturated rings. The van der Waals surface area contributed by atoms with E-state index in [1.54, 1.807) is 10.9 Å². The number of hydrogen-bond donors (Lipinski definition) is 1. The van der Waals surface area contributed by atoms with Gasteiger partial charge in [0.15, 0.2) is 0 Å². The van der Waals surface area contributed by atoms with E-state index in [4.69, 9.17) is 5.73 Å². The summed E-state index contributed by atoms with van der Waals surface area (Å²) >= 11 is 3.47. The van der Waals surface area contributed by atoms with Gasteiger partial charge in [-0.15, -0.1) is 12.4 Å². The van der Waals surface area contributed by atoms with Gasteiger partial charge in [-0.1, -0.05) is 22.0 Å². The van der Waals surface area contributed by atoms with Gasteiger partial charge in [0.25, 0.3) is 5.91 Å². The number of hydrogen-bond acceptors (Lipinski definition) is 3. The number of amides is 1. The molecule has 3 rings (SSSR count). The van der Waals surface area contributed by atoms with E-state index in [0.717, 1.165) is 28.8 Å². The van der Waals surface area contributed by atoms with E-state index in [2.05, 4.69) is 28.0 Å². The van der Waals surface area contributed by atoms with Crippen LogP contribution in [0.2, 0.25) is 0 Å². The molecule has 1 aromatic carbocycles. The maximum atomic E-state index is 12.9. The Morgan fingerprint density at radius 3 is 2.83 bits per heavy atom. The van der Waals surface area contributed by atoms with Gasteiger partial charge in [-0.3, -0.25) is 4.79 Å². The molecule has 130 valence electrons. The topological polar surface area (TPSA) is 64.2 Å². The molecule has 1 saturated heterocycles. The summed E-state index contributed by atoms with van der Waals surface area (Å²) in [6.45, 7) is 5.38. The minimum Gasteiger partial charge on any atom is -0.335 e. The molecule has 0 aliphatic carbocycles. The molecule has 1 amide bonds. The monoisotopic (exact) mass is 412 g/mol. The van der Waals surface area contributed by atoms with Crippen molar-refractivity contribution in [3.63, 3.8) is 0 Å². The fourth-order valence-electron chi connectivity index (χ4n) is 3.24. The molecule has 0 saturated carbocycles. The van der Waals surface area contributed by atoms with Crippen LogP contribution in [-0.4, -0.2) is 39.7 Å². The van der Waals surface area contributed by atoms with Crippen LogP contribution >= 0.6 is 28.3 Å². The van der Waals surface area contributed by atoms with Crippen LogP contribution < -0.4 is 5.73 Å². The maximum Gasteiger partial charge on any atom is 0.257 e. The fraction of sp³-hybridized carbons (Fsp3) is 0.412. The molecule has 0 radical (unpaired) electrons. The second-order valence-electron chi connectivity index (χ2n) is 6.18.